The molecule has 0 fully saturated rings. The van der Waals surface area contributed by atoms with Crippen molar-refractivity contribution in [3.05, 3.63) is 11.8 Å². The molecule has 0 unspecified atom stereocenters. The molecule has 0 aliphatic rings. The number of alkyl halides is 1. The second-order valence-electron chi connectivity index (χ2n) is 2.48. The van der Waals surface area contributed by atoms with Gasteiger partial charge in [-0.05, 0) is 0 Å². The van der Waals surface area contributed by atoms with Gasteiger partial charge in [-0.1, -0.05) is 0 Å². The molecule has 0 aromatic rings. The second kappa shape index (κ2) is 8.86. The van der Waals surface area contributed by atoms with Gasteiger partial charge >= 0.3 is 0 Å². The number of carbonyl (C=O) groups excluding carboxylic acids is 1. The van der Waals surface area contributed by atoms with E-state index in [2.05, 4.69) is 10.6 Å². The molecule has 0 aromatic heterocycles. The largest absolute Gasteiger partial charge is 0.389 e. The molecule has 0 atom stereocenters. The minimum atomic E-state index is -0.470. The van der Waals surface area contributed by atoms with Gasteiger partial charge in [0.25, 0.3) is 5.91 Å². The number of amides is 1. The van der Waals surface area contributed by atoms with Crippen LogP contribution in [0, 0.1) is 22.7 Å². The first kappa shape index (κ1) is 13.3. The summed E-state index contributed by atoms with van der Waals surface area (Å²) in [5.74, 6) is -0.172. The normalized spacial score (nSPS) is 9.93. The lowest BCUT2D eigenvalue weighted by atomic mass is 10.3. The van der Waals surface area contributed by atoms with E-state index in [9.17, 15) is 4.79 Å². The zero-order chi connectivity index (χ0) is 11.5. The molecule has 0 bridgehead atoms. The van der Waals surface area contributed by atoms with Crippen LogP contribution in [0.15, 0.2) is 11.8 Å². The third kappa shape index (κ3) is 6.36. The quantitative estimate of drug-likeness (QED) is 0.294. The van der Waals surface area contributed by atoms with Crippen LogP contribution in [0.4, 0.5) is 0 Å². The van der Waals surface area contributed by atoms with Crippen LogP contribution in [-0.4, -0.2) is 24.9 Å². The van der Waals surface area contributed by atoms with Gasteiger partial charge in [0.05, 0.1) is 12.5 Å². The lowest BCUT2D eigenvalue weighted by Crippen LogP contribution is -2.27. The van der Waals surface area contributed by atoms with E-state index >= 15 is 0 Å². The first-order valence-electron chi connectivity index (χ1n) is 4.31. The van der Waals surface area contributed by atoms with Crippen LogP contribution in [0.1, 0.15) is 6.42 Å². The topological polar surface area (TPSA) is 88.7 Å². The van der Waals surface area contributed by atoms with E-state index in [1.807, 2.05) is 6.07 Å². The maximum atomic E-state index is 11.2. The standard InChI is InChI=1S/C9H11ClN4O/c10-2-5-14-9(15)8(6-12)7-13-4-1-3-11/h7,13H,1-2,4-5H2,(H,14,15)/b8-7-. The molecule has 2 N–H and O–H groups in total. The van der Waals surface area contributed by atoms with Crippen LogP contribution < -0.4 is 10.6 Å². The number of halogens is 1. The van der Waals surface area contributed by atoms with E-state index in [4.69, 9.17) is 22.1 Å². The monoisotopic (exact) mass is 226 g/mol. The Labute approximate surface area is 93.3 Å². The van der Waals surface area contributed by atoms with Crippen molar-refractivity contribution in [1.29, 1.82) is 10.5 Å². The van der Waals surface area contributed by atoms with Crippen molar-refractivity contribution >= 4 is 17.5 Å². The highest BCUT2D eigenvalue weighted by Crippen LogP contribution is 1.90. The Morgan fingerprint density at radius 3 is 2.67 bits per heavy atom. The molecule has 0 saturated heterocycles. The van der Waals surface area contributed by atoms with Crippen molar-refractivity contribution in [1.82, 2.24) is 10.6 Å². The molecule has 0 aliphatic heterocycles. The first-order chi connectivity index (χ1) is 7.26. The van der Waals surface area contributed by atoms with E-state index in [1.54, 1.807) is 6.07 Å². The molecular formula is C9H11ClN4O. The minimum absolute atomic E-state index is 0.0296. The number of carbonyl (C=O) groups is 1. The van der Waals surface area contributed by atoms with Crippen molar-refractivity contribution in [3.63, 3.8) is 0 Å². The third-order valence-electron chi connectivity index (χ3n) is 1.37. The van der Waals surface area contributed by atoms with E-state index < -0.39 is 5.91 Å². The Morgan fingerprint density at radius 1 is 1.40 bits per heavy atom. The summed E-state index contributed by atoms with van der Waals surface area (Å²) in [6, 6.07) is 3.68. The second-order valence-corrected chi connectivity index (χ2v) is 2.85. The molecule has 0 heterocycles. The lowest BCUT2D eigenvalue weighted by molar-refractivity contribution is -0.117. The summed E-state index contributed by atoms with van der Waals surface area (Å²) in [5, 5.41) is 22.0. The molecule has 0 radical (unpaired) electrons. The van der Waals surface area contributed by atoms with Gasteiger partial charge in [0, 0.05) is 25.2 Å². The number of nitrogens with zero attached hydrogens (tertiary/aromatic N) is 2. The van der Waals surface area contributed by atoms with Crippen LogP contribution in [0.2, 0.25) is 0 Å². The summed E-state index contributed by atoms with van der Waals surface area (Å²) in [7, 11) is 0. The molecule has 0 aromatic carbocycles. The molecule has 15 heavy (non-hydrogen) atoms. The van der Waals surface area contributed by atoms with E-state index in [0.717, 1.165) is 0 Å². The van der Waals surface area contributed by atoms with Gasteiger partial charge in [0.15, 0.2) is 0 Å². The van der Waals surface area contributed by atoms with Crippen molar-refractivity contribution in [2.45, 2.75) is 6.42 Å². The highest BCUT2D eigenvalue weighted by atomic mass is 35.5. The zero-order valence-corrected chi connectivity index (χ0v) is 8.84. The molecule has 5 nitrogen and oxygen atoms in total. The molecular weight excluding hydrogens is 216 g/mol. The van der Waals surface area contributed by atoms with Crippen LogP contribution in [0.5, 0.6) is 0 Å². The fourth-order valence-electron chi connectivity index (χ4n) is 0.707. The van der Waals surface area contributed by atoms with Crippen molar-refractivity contribution in [2.75, 3.05) is 19.0 Å². The van der Waals surface area contributed by atoms with Gasteiger partial charge in [0.1, 0.15) is 11.6 Å². The zero-order valence-electron chi connectivity index (χ0n) is 8.09. The number of rotatable bonds is 6. The summed E-state index contributed by atoms with van der Waals surface area (Å²) < 4.78 is 0. The molecule has 0 aliphatic carbocycles. The van der Waals surface area contributed by atoms with Gasteiger partial charge < -0.3 is 10.6 Å². The minimum Gasteiger partial charge on any atom is -0.389 e. The summed E-state index contributed by atoms with van der Waals surface area (Å²) in [4.78, 5) is 11.2. The van der Waals surface area contributed by atoms with E-state index in [-0.39, 0.29) is 5.57 Å². The maximum Gasteiger partial charge on any atom is 0.263 e. The first-order valence-corrected chi connectivity index (χ1v) is 4.84. The summed E-state index contributed by atoms with van der Waals surface area (Å²) in [5.41, 5.74) is -0.0296. The van der Waals surface area contributed by atoms with Crippen molar-refractivity contribution < 1.29 is 4.79 Å². The van der Waals surface area contributed by atoms with Crippen LogP contribution >= 0.6 is 11.6 Å². The molecule has 6 heteroatoms. The third-order valence-corrected chi connectivity index (χ3v) is 1.56. The number of hydrogen-bond donors (Lipinski definition) is 2. The smallest absolute Gasteiger partial charge is 0.263 e. The summed E-state index contributed by atoms with van der Waals surface area (Å²) >= 11 is 5.37. The predicted octanol–water partition coefficient (Wildman–Crippen LogP) is 0.252. The average molecular weight is 227 g/mol. The van der Waals surface area contributed by atoms with Gasteiger partial charge in [0.2, 0.25) is 0 Å². The van der Waals surface area contributed by atoms with Gasteiger partial charge in [-0.25, -0.2) is 0 Å². The van der Waals surface area contributed by atoms with Gasteiger partial charge in [-0.15, -0.1) is 11.6 Å². The van der Waals surface area contributed by atoms with Crippen LogP contribution in [0.25, 0.3) is 0 Å². The highest BCUT2D eigenvalue weighted by Gasteiger charge is 2.06. The lowest BCUT2D eigenvalue weighted by Gasteiger charge is -2.01. The average Bonchev–Trinajstić information content (AvgIpc) is 2.26. The molecule has 80 valence electrons. The van der Waals surface area contributed by atoms with Gasteiger partial charge in [-0.3, -0.25) is 4.79 Å². The van der Waals surface area contributed by atoms with Crippen LogP contribution in [0.3, 0.4) is 0 Å². The van der Waals surface area contributed by atoms with Crippen molar-refractivity contribution in [3.8, 4) is 12.1 Å². The fourth-order valence-corrected chi connectivity index (χ4v) is 0.801. The summed E-state index contributed by atoms with van der Waals surface area (Å²) in [6.45, 7) is 0.724. The van der Waals surface area contributed by atoms with E-state index in [0.29, 0.717) is 25.4 Å². The SMILES string of the molecule is N#CCCN/C=C(/C#N)C(=O)NCCCl. The molecule has 0 saturated carbocycles. The Kier molecular flexibility index (Phi) is 7.84. The summed E-state index contributed by atoms with van der Waals surface area (Å²) in [6.07, 6.45) is 1.61. The molecule has 1 amide bonds. The Hall–Kier alpha value is -1.72. The van der Waals surface area contributed by atoms with Gasteiger partial charge in [-0.2, -0.15) is 10.5 Å². The Balaban J connectivity index is 4.06. The highest BCUT2D eigenvalue weighted by molar-refractivity contribution is 6.18. The number of hydrogen-bond acceptors (Lipinski definition) is 4. The molecule has 0 rings (SSSR count). The number of nitriles is 2. The fraction of sp³-hybridized carbons (Fsp3) is 0.444. The predicted molar refractivity (Wildman–Crippen MR) is 55.7 cm³/mol. The Bertz CT molecular complexity index is 313. The van der Waals surface area contributed by atoms with E-state index in [1.165, 1.54) is 6.20 Å². The Morgan fingerprint density at radius 2 is 2.13 bits per heavy atom. The number of nitrogens with one attached hydrogen (secondary N) is 2. The van der Waals surface area contributed by atoms with Crippen LogP contribution in [-0.2, 0) is 4.79 Å². The maximum absolute atomic E-state index is 11.2. The van der Waals surface area contributed by atoms with Crippen molar-refractivity contribution in [2.24, 2.45) is 0 Å². The molecule has 0 spiro atoms.